The fourth-order valence-corrected chi connectivity index (χ4v) is 12.9. The summed E-state index contributed by atoms with van der Waals surface area (Å²) in [5, 5.41) is 24.0. The molecule has 398 valence electrons. The molecule has 0 saturated carbocycles. The van der Waals surface area contributed by atoms with Crippen LogP contribution < -0.4 is 0 Å². The molecule has 3 heterocycles. The normalized spacial score (nSPS) is 12.6. The molecule has 8 aromatic carbocycles. The summed E-state index contributed by atoms with van der Waals surface area (Å²) in [7, 11) is 0. The summed E-state index contributed by atoms with van der Waals surface area (Å²) in [5.74, 6) is 0.912. The van der Waals surface area contributed by atoms with E-state index < -0.39 is 0 Å². The summed E-state index contributed by atoms with van der Waals surface area (Å²) in [5.41, 5.74) is 21.9. The van der Waals surface area contributed by atoms with E-state index in [0.717, 1.165) is 82.7 Å². The fourth-order valence-electron chi connectivity index (χ4n) is 11.5. The maximum absolute atomic E-state index is 12.8. The molecule has 0 unspecified atom stereocenters. The van der Waals surface area contributed by atoms with Crippen molar-refractivity contribution in [3.63, 3.8) is 0 Å². The van der Waals surface area contributed by atoms with Crippen molar-refractivity contribution in [2.24, 2.45) is 0 Å². The van der Waals surface area contributed by atoms with Crippen molar-refractivity contribution < 1.29 is 26.2 Å². The van der Waals surface area contributed by atoms with E-state index in [1.807, 2.05) is 0 Å². The Morgan fingerprint density at radius 3 is 1.63 bits per heavy atom. The summed E-state index contributed by atoms with van der Waals surface area (Å²) >= 11 is 1.80. The Morgan fingerprint density at radius 2 is 1.01 bits per heavy atom. The molecule has 0 atom stereocenters. The molecule has 79 heavy (non-hydrogen) atoms. The van der Waals surface area contributed by atoms with Crippen molar-refractivity contribution in [2.45, 2.75) is 112 Å². The van der Waals surface area contributed by atoms with Crippen LogP contribution in [0.4, 0.5) is 0 Å². The molecule has 0 fully saturated rings. The molecule has 12 rings (SSSR count). The van der Waals surface area contributed by atoms with Gasteiger partial charge in [0, 0.05) is 64.0 Å². The van der Waals surface area contributed by atoms with Crippen LogP contribution >= 0.6 is 11.3 Å². The number of phenolic OH excluding ortho intramolecular Hbond substituents is 1. The summed E-state index contributed by atoms with van der Waals surface area (Å²) in [4.78, 5) is 6.99. The van der Waals surface area contributed by atoms with Crippen LogP contribution in [-0.2, 0) is 42.7 Å². The van der Waals surface area contributed by atoms with Crippen molar-refractivity contribution in [2.75, 3.05) is 0 Å². The van der Waals surface area contributed by atoms with Crippen molar-refractivity contribution in [1.29, 1.82) is 0 Å². The van der Waals surface area contributed by atoms with Crippen LogP contribution in [0, 0.1) is 13.0 Å². The molecular weight excluding hydrogens is 1160 g/mol. The smallest absolute Gasteiger partial charge is 0.148 e. The second-order valence-electron chi connectivity index (χ2n) is 25.4. The number of phenols is 1. The first-order valence-corrected chi connectivity index (χ1v) is 28.1. The first-order chi connectivity index (χ1) is 37.1. The number of aryl methyl sites for hydroxylation is 1. The van der Waals surface area contributed by atoms with Crippen molar-refractivity contribution in [3.05, 3.63) is 198 Å². The first kappa shape index (κ1) is 53.7. The molecule has 1 N–H and O–H groups in total. The van der Waals surface area contributed by atoms with E-state index in [2.05, 4.69) is 264 Å². The Hall–Kier alpha value is -7.24. The minimum atomic E-state index is -0.354. The van der Waals surface area contributed by atoms with Gasteiger partial charge in [0.1, 0.15) is 11.6 Å². The molecule has 0 spiro atoms. The van der Waals surface area contributed by atoms with Gasteiger partial charge < -0.3 is 5.11 Å². The van der Waals surface area contributed by atoms with Crippen LogP contribution in [0.25, 0.3) is 116 Å². The van der Waals surface area contributed by atoms with Gasteiger partial charge in [-0.1, -0.05) is 222 Å². The van der Waals surface area contributed by atoms with Crippen LogP contribution in [0.15, 0.2) is 164 Å². The molecule has 0 aliphatic heterocycles. The van der Waals surface area contributed by atoms with Crippen molar-refractivity contribution in [1.82, 2.24) is 19.7 Å². The number of rotatable bonds is 5. The summed E-state index contributed by atoms with van der Waals surface area (Å²) < 4.78 is 3.37. The average molecular weight is 1230 g/mol. The average Bonchev–Trinajstić information content (AvgIpc) is 4.14. The van der Waals surface area contributed by atoms with Crippen LogP contribution in [0.2, 0.25) is 0 Å². The predicted octanol–water partition coefficient (Wildman–Crippen LogP) is 19.7. The zero-order valence-electron chi connectivity index (χ0n) is 47.5. The number of hydrogen-bond donors (Lipinski definition) is 1. The van der Waals surface area contributed by atoms with Gasteiger partial charge in [0.05, 0.1) is 28.0 Å². The quantitative estimate of drug-likeness (QED) is 0.174. The molecule has 0 radical (unpaired) electrons. The Kier molecular flexibility index (Phi) is 13.3. The number of aromatic nitrogens is 4. The largest absolute Gasteiger partial charge is 0.507 e. The van der Waals surface area contributed by atoms with Crippen LogP contribution in [0.3, 0.4) is 0 Å². The van der Waals surface area contributed by atoms with Gasteiger partial charge in [0.15, 0.2) is 0 Å². The van der Waals surface area contributed by atoms with Gasteiger partial charge in [-0.25, -0.2) is 4.98 Å². The molecule has 0 bridgehead atoms. The molecular formula is C72H67N4OPtS-. The van der Waals surface area contributed by atoms with E-state index in [9.17, 15) is 5.11 Å². The third-order valence-corrected chi connectivity index (χ3v) is 17.1. The van der Waals surface area contributed by atoms with Gasteiger partial charge in [-0.15, -0.1) is 40.7 Å². The number of para-hydroxylation sites is 1. The van der Waals surface area contributed by atoms with Gasteiger partial charge >= 0.3 is 0 Å². The minimum Gasteiger partial charge on any atom is -0.507 e. The molecule has 1 aliphatic rings. The maximum Gasteiger partial charge on any atom is 0.148 e. The Labute approximate surface area is 484 Å². The van der Waals surface area contributed by atoms with E-state index in [4.69, 9.17) is 15.2 Å². The second-order valence-corrected chi connectivity index (χ2v) is 26.5. The van der Waals surface area contributed by atoms with Gasteiger partial charge in [-0.2, -0.15) is 10.2 Å². The Bertz CT molecular complexity index is 4210. The number of nitrogens with zero attached hydrogens (tertiary/aromatic N) is 4. The number of imidazole rings is 1. The number of hydrogen-bond acceptors (Lipinski definition) is 5. The van der Waals surface area contributed by atoms with E-state index in [0.29, 0.717) is 11.4 Å². The van der Waals surface area contributed by atoms with Crippen LogP contribution in [-0.4, -0.2) is 24.9 Å². The van der Waals surface area contributed by atoms with Gasteiger partial charge in [-0.3, -0.25) is 4.57 Å². The molecule has 5 nitrogen and oxygen atoms in total. The third kappa shape index (κ3) is 9.29. The van der Waals surface area contributed by atoms with Crippen LogP contribution in [0.1, 0.15) is 111 Å². The van der Waals surface area contributed by atoms with E-state index in [1.54, 1.807) is 11.3 Å². The maximum atomic E-state index is 12.8. The summed E-state index contributed by atoms with van der Waals surface area (Å²) in [6, 6.07) is 63.4. The topological polar surface area (TPSA) is 63.8 Å². The number of thiophene rings is 1. The van der Waals surface area contributed by atoms with E-state index in [-0.39, 0.29) is 48.5 Å². The SMILES string of the molecule is Cc1nnc(-c2[c-]c(-c3cccc4c3nc(-c3cc(C(C)(C)C)cc(C(C)(C)C)c3O)n4-c3ccc(C(C)(C)C)cc3-c3ccccc3)cc(C(C)(C)C)c2)c2sc3c(c12)-c1ccccc1-c1ccccc1-c1ccccc1-3.[Pt]. The van der Waals surface area contributed by atoms with Gasteiger partial charge in [0.25, 0.3) is 0 Å². The van der Waals surface area contributed by atoms with Crippen molar-refractivity contribution in [3.8, 4) is 100 Å². The van der Waals surface area contributed by atoms with Crippen LogP contribution in [0.5, 0.6) is 5.75 Å². The zero-order valence-corrected chi connectivity index (χ0v) is 50.6. The number of aromatic hydroxyl groups is 1. The van der Waals surface area contributed by atoms with Gasteiger partial charge in [0.2, 0.25) is 0 Å². The molecule has 0 amide bonds. The zero-order chi connectivity index (χ0) is 54.8. The standard InChI is InChI=1S/C72H67N4OS.Pt/c1-42-61-62-54-30-21-19-28-52(54)50-26-17-18-27-51(50)53-29-20-22-31-55(53)66(62)78-67(61)63(75-74-42)45-36-44(37-47(38-45)70(5,6)7)49-32-23-33-60-64(49)73-68(57-40-48(71(8,9)10)41-58(65(57)77)72(11,12)13)76(60)59-35-34-46(69(2,3)4)39-56(59)43-24-15-14-16-25-43;/h14-35,37-41,77H,1-13H3;/q-1;. The Balaban J connectivity index is 0.00000660. The summed E-state index contributed by atoms with van der Waals surface area (Å²) in [6.07, 6.45) is 0. The molecule has 11 aromatic rings. The third-order valence-electron chi connectivity index (χ3n) is 15.8. The van der Waals surface area contributed by atoms with Gasteiger partial charge in [-0.05, 0) is 97.4 Å². The first-order valence-electron chi connectivity index (χ1n) is 27.3. The van der Waals surface area contributed by atoms with E-state index in [1.165, 1.54) is 49.4 Å². The molecule has 1 aliphatic carbocycles. The minimum absolute atomic E-state index is 0. The molecule has 7 heteroatoms. The van der Waals surface area contributed by atoms with Crippen molar-refractivity contribution >= 4 is 32.5 Å². The number of benzene rings is 8. The van der Waals surface area contributed by atoms with E-state index >= 15 is 0 Å². The predicted molar refractivity (Wildman–Crippen MR) is 329 cm³/mol. The Morgan fingerprint density at radius 1 is 0.481 bits per heavy atom. The molecule has 0 saturated heterocycles. The monoisotopic (exact) mass is 1230 g/mol. The summed E-state index contributed by atoms with van der Waals surface area (Å²) in [6.45, 7) is 28.9. The molecule has 3 aromatic heterocycles. The second kappa shape index (κ2) is 19.5. The fraction of sp³-hybridized carbons (Fsp3) is 0.236. The number of fused-ring (bicyclic) bond motifs is 11.